The zero-order valence-electron chi connectivity index (χ0n) is 10.1. The lowest BCUT2D eigenvalue weighted by Gasteiger charge is -2.10. The third-order valence-corrected chi connectivity index (χ3v) is 3.25. The zero-order valence-corrected chi connectivity index (χ0v) is 10.9. The second-order valence-electron chi connectivity index (χ2n) is 3.48. The van der Waals surface area contributed by atoms with Gasteiger partial charge in [-0.2, -0.15) is 0 Å². The minimum Gasteiger partial charge on any atom is -0.409 e. The van der Waals surface area contributed by atoms with Crippen molar-refractivity contribution in [3.63, 3.8) is 0 Å². The van der Waals surface area contributed by atoms with Gasteiger partial charge in [0.25, 0.3) is 0 Å². The first kappa shape index (κ1) is 13.8. The third kappa shape index (κ3) is 3.90. The Balaban J connectivity index is 2.27. The first-order chi connectivity index (χ1) is 8.06. The molecule has 7 nitrogen and oxygen atoms in total. The molecule has 0 aliphatic heterocycles. The number of hydrogen-bond acceptors (Lipinski definition) is 6. The maximum Gasteiger partial charge on any atom is 0.191 e. The van der Waals surface area contributed by atoms with Crippen LogP contribution in [0.3, 0.4) is 0 Å². The van der Waals surface area contributed by atoms with E-state index in [0.29, 0.717) is 6.61 Å². The first-order valence-electron chi connectivity index (χ1n) is 5.14. The summed E-state index contributed by atoms with van der Waals surface area (Å²) in [6, 6.07) is 0. The predicted molar refractivity (Wildman–Crippen MR) is 65.3 cm³/mol. The molecular formula is C9H17N5O2S. The van der Waals surface area contributed by atoms with E-state index in [4.69, 9.17) is 15.7 Å². The Morgan fingerprint density at radius 2 is 2.35 bits per heavy atom. The van der Waals surface area contributed by atoms with Crippen molar-refractivity contribution in [2.75, 3.05) is 12.4 Å². The summed E-state index contributed by atoms with van der Waals surface area (Å²) in [6.45, 7) is 4.12. The molecule has 96 valence electrons. The van der Waals surface area contributed by atoms with Gasteiger partial charge in [-0.25, -0.2) is 0 Å². The Kier molecular flexibility index (Phi) is 5.23. The summed E-state index contributed by atoms with van der Waals surface area (Å²) in [4.78, 5) is 0. The number of aromatic nitrogens is 3. The van der Waals surface area contributed by atoms with Crippen LogP contribution in [-0.4, -0.2) is 44.3 Å². The smallest absolute Gasteiger partial charge is 0.191 e. The van der Waals surface area contributed by atoms with Crippen molar-refractivity contribution >= 4 is 17.6 Å². The van der Waals surface area contributed by atoms with Gasteiger partial charge in [-0.1, -0.05) is 16.9 Å². The Morgan fingerprint density at radius 1 is 1.65 bits per heavy atom. The number of ether oxygens (including phenoxy) is 1. The summed E-state index contributed by atoms with van der Waals surface area (Å²) in [5, 5.41) is 20.1. The highest BCUT2D eigenvalue weighted by Crippen LogP contribution is 2.14. The largest absolute Gasteiger partial charge is 0.409 e. The molecule has 0 aromatic carbocycles. The average molecular weight is 259 g/mol. The molecule has 1 unspecified atom stereocenters. The van der Waals surface area contributed by atoms with Crippen LogP contribution >= 0.6 is 11.8 Å². The van der Waals surface area contributed by atoms with Crippen molar-refractivity contribution in [3.05, 3.63) is 5.82 Å². The van der Waals surface area contributed by atoms with Gasteiger partial charge in [-0.15, -0.1) is 10.2 Å². The fraction of sp³-hybridized carbons (Fsp3) is 0.667. The summed E-state index contributed by atoms with van der Waals surface area (Å²) in [7, 11) is 1.91. The number of amidine groups is 1. The summed E-state index contributed by atoms with van der Waals surface area (Å²) in [6.07, 6.45) is -0.387. The van der Waals surface area contributed by atoms with Crippen LogP contribution in [0.5, 0.6) is 0 Å². The van der Waals surface area contributed by atoms with Gasteiger partial charge >= 0.3 is 0 Å². The molecule has 3 N–H and O–H groups in total. The van der Waals surface area contributed by atoms with E-state index >= 15 is 0 Å². The summed E-state index contributed by atoms with van der Waals surface area (Å²) in [5.74, 6) is 1.68. The SMILES string of the molecule is Cc1nnc(SCCOC(C)C(N)=NO)n1C. The first-order valence-corrected chi connectivity index (χ1v) is 6.12. The maximum absolute atomic E-state index is 8.44. The molecule has 1 heterocycles. The van der Waals surface area contributed by atoms with Gasteiger partial charge < -0.3 is 20.2 Å². The molecule has 0 saturated carbocycles. The highest BCUT2D eigenvalue weighted by atomic mass is 32.2. The number of nitrogens with zero attached hydrogens (tertiary/aromatic N) is 4. The molecule has 1 aromatic rings. The number of thioether (sulfide) groups is 1. The molecule has 0 bridgehead atoms. The fourth-order valence-electron chi connectivity index (χ4n) is 1.04. The second-order valence-corrected chi connectivity index (χ2v) is 4.54. The van der Waals surface area contributed by atoms with Crippen LogP contribution in [0.4, 0.5) is 0 Å². The van der Waals surface area contributed by atoms with Crippen molar-refractivity contribution in [2.45, 2.75) is 25.1 Å². The van der Waals surface area contributed by atoms with Crippen LogP contribution in [0, 0.1) is 6.92 Å². The van der Waals surface area contributed by atoms with E-state index in [0.717, 1.165) is 16.7 Å². The molecule has 0 spiro atoms. The Morgan fingerprint density at radius 3 is 2.88 bits per heavy atom. The number of rotatable bonds is 6. The molecule has 8 heteroatoms. The summed E-state index contributed by atoms with van der Waals surface area (Å²) < 4.78 is 7.28. The number of aryl methyl sites for hydroxylation is 1. The maximum atomic E-state index is 8.44. The van der Waals surface area contributed by atoms with Gasteiger partial charge in [0.2, 0.25) is 0 Å². The van der Waals surface area contributed by atoms with Crippen molar-refractivity contribution in [3.8, 4) is 0 Å². The minimum absolute atomic E-state index is 0.0736. The van der Waals surface area contributed by atoms with Gasteiger partial charge in [0.15, 0.2) is 11.0 Å². The van der Waals surface area contributed by atoms with Gasteiger partial charge in [-0.05, 0) is 13.8 Å². The van der Waals surface area contributed by atoms with Crippen LogP contribution in [0.15, 0.2) is 10.3 Å². The molecule has 0 radical (unpaired) electrons. The second kappa shape index (κ2) is 6.45. The van der Waals surface area contributed by atoms with Crippen molar-refractivity contribution in [2.24, 2.45) is 17.9 Å². The highest BCUT2D eigenvalue weighted by Gasteiger charge is 2.08. The van der Waals surface area contributed by atoms with Crippen molar-refractivity contribution < 1.29 is 9.94 Å². The van der Waals surface area contributed by atoms with Gasteiger partial charge in [0, 0.05) is 12.8 Å². The van der Waals surface area contributed by atoms with Crippen molar-refractivity contribution in [1.82, 2.24) is 14.8 Å². The van der Waals surface area contributed by atoms with Crippen LogP contribution in [0.1, 0.15) is 12.7 Å². The van der Waals surface area contributed by atoms with Crippen LogP contribution in [0.25, 0.3) is 0 Å². The zero-order chi connectivity index (χ0) is 12.8. The van der Waals surface area contributed by atoms with Crippen LogP contribution < -0.4 is 5.73 Å². The van der Waals surface area contributed by atoms with Gasteiger partial charge in [0.1, 0.15) is 11.9 Å². The molecule has 1 atom stereocenters. The Hall–Kier alpha value is -1.28. The molecule has 0 saturated heterocycles. The standard InChI is InChI=1S/C9H17N5O2S/c1-6(8(10)13-15)16-4-5-17-9-12-11-7(2)14(9)3/h6,15H,4-5H2,1-3H3,(H2,10,13). The van der Waals surface area contributed by atoms with E-state index in [1.807, 2.05) is 18.5 Å². The van der Waals surface area contributed by atoms with Crippen LogP contribution in [-0.2, 0) is 11.8 Å². The number of oxime groups is 1. The summed E-state index contributed by atoms with van der Waals surface area (Å²) >= 11 is 1.55. The van der Waals surface area contributed by atoms with Crippen LogP contribution in [0.2, 0.25) is 0 Å². The third-order valence-electron chi connectivity index (χ3n) is 2.27. The Bertz CT molecular complexity index is 393. The van der Waals surface area contributed by atoms with E-state index < -0.39 is 0 Å². The average Bonchev–Trinajstić information content (AvgIpc) is 2.64. The van der Waals surface area contributed by atoms with E-state index in [9.17, 15) is 0 Å². The fourth-order valence-corrected chi connectivity index (χ4v) is 1.82. The van der Waals surface area contributed by atoms with Gasteiger partial charge in [-0.3, -0.25) is 0 Å². The molecule has 0 fully saturated rings. The predicted octanol–water partition coefficient (Wildman–Crippen LogP) is 0.367. The number of nitrogens with two attached hydrogens (primary N) is 1. The lowest BCUT2D eigenvalue weighted by Crippen LogP contribution is -2.29. The molecular weight excluding hydrogens is 242 g/mol. The molecule has 0 aliphatic rings. The van der Waals surface area contributed by atoms with Crippen molar-refractivity contribution in [1.29, 1.82) is 0 Å². The molecule has 17 heavy (non-hydrogen) atoms. The van der Waals surface area contributed by atoms with E-state index in [2.05, 4.69) is 15.4 Å². The Labute approximate surface area is 104 Å². The van der Waals surface area contributed by atoms with E-state index in [1.165, 1.54) is 0 Å². The highest BCUT2D eigenvalue weighted by molar-refractivity contribution is 7.99. The minimum atomic E-state index is -0.387. The summed E-state index contributed by atoms with van der Waals surface area (Å²) in [5.41, 5.74) is 5.38. The molecule has 0 aliphatic carbocycles. The molecule has 0 amide bonds. The molecule has 1 rings (SSSR count). The lowest BCUT2D eigenvalue weighted by molar-refractivity contribution is 0.120. The normalized spacial score (nSPS) is 13.9. The lowest BCUT2D eigenvalue weighted by atomic mass is 10.4. The van der Waals surface area contributed by atoms with E-state index in [-0.39, 0.29) is 11.9 Å². The van der Waals surface area contributed by atoms with Gasteiger partial charge in [0.05, 0.1) is 6.61 Å². The monoisotopic (exact) mass is 259 g/mol. The number of hydrogen-bond donors (Lipinski definition) is 2. The quantitative estimate of drug-likeness (QED) is 0.191. The topological polar surface area (TPSA) is 98.6 Å². The van der Waals surface area contributed by atoms with E-state index in [1.54, 1.807) is 18.7 Å². The molecule has 1 aromatic heterocycles.